The van der Waals surface area contributed by atoms with Crippen LogP contribution in [0.25, 0.3) is 11.1 Å². The first-order valence-electron chi connectivity index (χ1n) is 23.6. The zero-order chi connectivity index (χ0) is 47.4. The molecule has 1 fully saturated rings. The number of fused-ring (bicyclic) bond motifs is 2. The molecule has 0 bridgehead atoms. The fourth-order valence-corrected chi connectivity index (χ4v) is 9.97. The fraction of sp³-hybridized carbons (Fsp3) is 0.436. The molecule has 0 spiro atoms. The predicted octanol–water partition coefficient (Wildman–Crippen LogP) is 9.60. The fourth-order valence-electron chi connectivity index (χ4n) is 9.97. The number of aliphatic hydroxyl groups is 3. The molecular weight excluding hydrogens is 847 g/mol. The van der Waals surface area contributed by atoms with Crippen LogP contribution in [0.1, 0.15) is 93.1 Å². The number of benzene rings is 4. The SMILES string of the molecule is C=CCOC12Oc3ccc(Oc4ccc(-c5ccccc5)cc4)cc3C3C(CCCCO)C(CCCCO)C=C(C(=NOC(C)(C)C)CC1N(CCOCCO)C(=O)c1ccc(C#N)cc1)C32. The molecule has 1 saturated carbocycles. The highest BCUT2D eigenvalue weighted by Crippen LogP contribution is 2.62. The second-order valence-electron chi connectivity index (χ2n) is 18.5. The Kier molecular flexibility index (Phi) is 16.7. The van der Waals surface area contributed by atoms with Gasteiger partial charge in [-0.15, -0.1) is 6.58 Å². The summed E-state index contributed by atoms with van der Waals surface area (Å²) >= 11 is 0. The standard InChI is InChI=1S/C55H65N3O9/c1-5-31-64-55-50(58(27-32-63-33-30-61)53(62)41-19-17-38(37-56)18-20-41)36-48(57-67-54(2,3)4)46-34-42(15-9-11-28-59)45(16-10-12-29-60)51(52(46)55)47-35-44(25-26-49(47)66-55)65-43-23-21-40(22-24-43)39-13-7-6-8-14-39/h5-8,13-14,17-26,34-35,42,45,50-52,59-61H,1,9-12,15-16,27-33,36H2,2-4H3. The van der Waals surface area contributed by atoms with E-state index in [1.54, 1.807) is 35.2 Å². The largest absolute Gasteiger partial charge is 0.459 e. The van der Waals surface area contributed by atoms with Crippen molar-refractivity contribution in [2.24, 2.45) is 22.9 Å². The van der Waals surface area contributed by atoms with Crippen molar-refractivity contribution in [3.8, 4) is 34.4 Å². The highest BCUT2D eigenvalue weighted by atomic mass is 16.7. The molecule has 2 aliphatic carbocycles. The molecule has 6 unspecified atom stereocenters. The summed E-state index contributed by atoms with van der Waals surface area (Å²) in [6.45, 7) is 10.3. The molecule has 0 saturated heterocycles. The van der Waals surface area contributed by atoms with Crippen LogP contribution >= 0.6 is 0 Å². The number of oxime groups is 1. The van der Waals surface area contributed by atoms with Crippen LogP contribution in [0.15, 0.2) is 127 Å². The molecule has 0 aromatic heterocycles. The summed E-state index contributed by atoms with van der Waals surface area (Å²) in [6.07, 6.45) is 8.64. The molecule has 67 heavy (non-hydrogen) atoms. The number of carbonyl (C=O) groups is 1. The zero-order valence-electron chi connectivity index (χ0n) is 39.0. The molecule has 4 aromatic carbocycles. The molecule has 0 radical (unpaired) electrons. The Labute approximate surface area is 395 Å². The Morgan fingerprint density at radius 1 is 0.896 bits per heavy atom. The highest BCUT2D eigenvalue weighted by Gasteiger charge is 2.65. The van der Waals surface area contributed by atoms with Crippen molar-refractivity contribution in [2.75, 3.05) is 46.2 Å². The van der Waals surface area contributed by atoms with Gasteiger partial charge in [0.15, 0.2) is 0 Å². The van der Waals surface area contributed by atoms with Gasteiger partial charge in [0.2, 0.25) is 5.79 Å². The molecule has 3 N–H and O–H groups in total. The Balaban J connectivity index is 1.43. The summed E-state index contributed by atoms with van der Waals surface area (Å²) in [6, 6.07) is 32.0. The van der Waals surface area contributed by atoms with Gasteiger partial charge in [0.25, 0.3) is 5.91 Å². The maximum absolute atomic E-state index is 15.1. The van der Waals surface area contributed by atoms with E-state index in [0.29, 0.717) is 46.9 Å². The summed E-state index contributed by atoms with van der Waals surface area (Å²) in [4.78, 5) is 23.1. The van der Waals surface area contributed by atoms with Crippen LogP contribution in [0.2, 0.25) is 0 Å². The van der Waals surface area contributed by atoms with E-state index in [1.807, 2.05) is 75.4 Å². The molecule has 1 heterocycles. The predicted molar refractivity (Wildman–Crippen MR) is 258 cm³/mol. The topological polar surface area (TPSA) is 163 Å². The molecule has 1 amide bonds. The summed E-state index contributed by atoms with van der Waals surface area (Å²) in [5.41, 5.74) is 4.85. The van der Waals surface area contributed by atoms with Gasteiger partial charge in [-0.2, -0.15) is 5.26 Å². The first-order chi connectivity index (χ1) is 32.5. The van der Waals surface area contributed by atoms with Crippen molar-refractivity contribution in [2.45, 2.75) is 89.1 Å². The van der Waals surface area contributed by atoms with E-state index in [9.17, 15) is 20.6 Å². The second-order valence-corrected chi connectivity index (χ2v) is 18.5. The summed E-state index contributed by atoms with van der Waals surface area (Å²) in [5, 5.41) is 44.2. The minimum Gasteiger partial charge on any atom is -0.459 e. The number of aliphatic hydroxyl groups excluding tert-OH is 3. The first kappa shape index (κ1) is 49.1. The van der Waals surface area contributed by atoms with Crippen molar-refractivity contribution >= 4 is 11.6 Å². The lowest BCUT2D eigenvalue weighted by Crippen LogP contribution is -2.70. The number of allylic oxidation sites excluding steroid dienone is 1. The normalized spacial score (nSPS) is 22.4. The number of unbranched alkanes of at least 4 members (excludes halogenated alkanes) is 2. The number of hydrogen-bond donors (Lipinski definition) is 3. The Morgan fingerprint density at radius 2 is 1.60 bits per heavy atom. The number of rotatable bonds is 22. The van der Waals surface area contributed by atoms with E-state index in [2.05, 4.69) is 36.9 Å². The van der Waals surface area contributed by atoms with Crippen LogP contribution in [0, 0.1) is 29.1 Å². The van der Waals surface area contributed by atoms with Gasteiger partial charge >= 0.3 is 0 Å². The number of ether oxygens (including phenoxy) is 4. The molecule has 12 nitrogen and oxygen atoms in total. The van der Waals surface area contributed by atoms with E-state index >= 15 is 4.79 Å². The number of hydrogen-bond acceptors (Lipinski definition) is 11. The first-order valence-corrected chi connectivity index (χ1v) is 23.6. The lowest BCUT2D eigenvalue weighted by Gasteiger charge is -2.60. The Morgan fingerprint density at radius 3 is 2.27 bits per heavy atom. The third kappa shape index (κ3) is 11.5. The van der Waals surface area contributed by atoms with Gasteiger partial charge in [-0.1, -0.05) is 72.6 Å². The number of amides is 1. The highest BCUT2D eigenvalue weighted by molar-refractivity contribution is 6.03. The van der Waals surface area contributed by atoms with Crippen molar-refractivity contribution in [3.05, 3.63) is 138 Å². The molecule has 354 valence electrons. The maximum Gasteiger partial charge on any atom is 0.254 e. The quantitative estimate of drug-likeness (QED) is 0.0393. The van der Waals surface area contributed by atoms with Crippen LogP contribution in [0.4, 0.5) is 0 Å². The number of nitriles is 1. The smallest absolute Gasteiger partial charge is 0.254 e. The summed E-state index contributed by atoms with van der Waals surface area (Å²) in [5.74, 6) is -0.675. The van der Waals surface area contributed by atoms with E-state index in [0.717, 1.165) is 47.9 Å². The number of nitrogens with zero attached hydrogens (tertiary/aromatic N) is 3. The average Bonchev–Trinajstić information content (AvgIpc) is 3.34. The molecule has 1 aliphatic heterocycles. The average molecular weight is 912 g/mol. The molecule has 3 aliphatic rings. The van der Waals surface area contributed by atoms with Gasteiger partial charge in [0.1, 0.15) is 28.9 Å². The Bertz CT molecular complexity index is 2370. The minimum absolute atomic E-state index is 0.00727. The van der Waals surface area contributed by atoms with Gasteiger partial charge in [0.05, 0.1) is 49.7 Å². The molecule has 4 aromatic rings. The van der Waals surface area contributed by atoms with Crippen LogP contribution in [-0.2, 0) is 14.3 Å². The third-order valence-electron chi connectivity index (χ3n) is 12.9. The van der Waals surface area contributed by atoms with Gasteiger partial charge in [-0.25, -0.2) is 0 Å². The molecule has 6 atom stereocenters. The van der Waals surface area contributed by atoms with Crippen LogP contribution in [0.3, 0.4) is 0 Å². The third-order valence-corrected chi connectivity index (χ3v) is 12.9. The minimum atomic E-state index is -1.50. The molecule has 12 heteroatoms. The molecular formula is C55H65N3O9. The van der Waals surface area contributed by atoms with Gasteiger partial charge < -0.3 is 44.0 Å². The Hall–Kier alpha value is -5.81. The zero-order valence-corrected chi connectivity index (χ0v) is 39.0. The van der Waals surface area contributed by atoms with E-state index in [4.69, 9.17) is 28.9 Å². The van der Waals surface area contributed by atoms with Crippen molar-refractivity contribution in [1.82, 2.24) is 4.90 Å². The van der Waals surface area contributed by atoms with Crippen LogP contribution in [0.5, 0.6) is 17.2 Å². The second kappa shape index (κ2) is 22.8. The van der Waals surface area contributed by atoms with Crippen molar-refractivity contribution in [1.29, 1.82) is 5.26 Å². The van der Waals surface area contributed by atoms with Crippen LogP contribution < -0.4 is 9.47 Å². The monoisotopic (exact) mass is 911 g/mol. The molecule has 7 rings (SSSR count). The van der Waals surface area contributed by atoms with Crippen molar-refractivity contribution in [3.63, 3.8) is 0 Å². The van der Waals surface area contributed by atoms with Gasteiger partial charge in [-0.05, 0) is 130 Å². The van der Waals surface area contributed by atoms with E-state index in [1.165, 1.54) is 0 Å². The van der Waals surface area contributed by atoms with Crippen LogP contribution in [-0.4, -0.2) is 95.5 Å². The van der Waals surface area contributed by atoms with E-state index < -0.39 is 23.3 Å². The van der Waals surface area contributed by atoms with Gasteiger partial charge in [0, 0.05) is 43.2 Å². The maximum atomic E-state index is 15.1. The van der Waals surface area contributed by atoms with E-state index in [-0.39, 0.29) is 76.3 Å². The lowest BCUT2D eigenvalue weighted by molar-refractivity contribution is -0.254. The van der Waals surface area contributed by atoms with Gasteiger partial charge in [-0.3, -0.25) is 4.79 Å². The van der Waals surface area contributed by atoms with Crippen molar-refractivity contribution < 1.29 is 43.9 Å². The summed E-state index contributed by atoms with van der Waals surface area (Å²) in [7, 11) is 0. The lowest BCUT2D eigenvalue weighted by atomic mass is 9.55. The summed E-state index contributed by atoms with van der Waals surface area (Å²) < 4.78 is 27.0. The number of carbonyl (C=O) groups excluding carboxylic acids is 1.